The Kier molecular flexibility index (Phi) is 6.02. The smallest absolute Gasteiger partial charge is 0.262 e. The molecule has 0 unspecified atom stereocenters. The van der Waals surface area contributed by atoms with Gasteiger partial charge in [-0.2, -0.15) is 0 Å². The first kappa shape index (κ1) is 21.0. The quantitative estimate of drug-likeness (QED) is 0.743. The molecule has 1 N–H and O–H groups in total. The van der Waals surface area contributed by atoms with Crippen LogP contribution in [-0.2, 0) is 21.2 Å². The number of carbonyl (C=O) groups excluding carboxylic acids is 1. The molecule has 0 saturated heterocycles. The van der Waals surface area contributed by atoms with Gasteiger partial charge in [0, 0.05) is 24.7 Å². The van der Waals surface area contributed by atoms with Gasteiger partial charge in [-0.1, -0.05) is 0 Å². The number of carbonyl (C=O) groups is 1. The summed E-state index contributed by atoms with van der Waals surface area (Å²) in [7, 11) is -3.85. The van der Waals surface area contributed by atoms with Crippen molar-refractivity contribution in [3.05, 3.63) is 42.0 Å². The van der Waals surface area contributed by atoms with Crippen LogP contribution in [0.15, 0.2) is 41.3 Å². The minimum absolute atomic E-state index is 0.000782. The lowest BCUT2D eigenvalue weighted by molar-refractivity contribution is -0.116. The van der Waals surface area contributed by atoms with Crippen LogP contribution < -0.4 is 19.1 Å². The van der Waals surface area contributed by atoms with Crippen LogP contribution in [-0.4, -0.2) is 33.6 Å². The molecule has 156 valence electrons. The maximum absolute atomic E-state index is 13.0. The number of anilines is 2. The van der Waals surface area contributed by atoms with Crippen molar-refractivity contribution in [1.29, 1.82) is 0 Å². The average molecular weight is 419 g/mol. The third-order valence-electron chi connectivity index (χ3n) is 4.72. The van der Waals surface area contributed by atoms with E-state index in [9.17, 15) is 13.2 Å². The molecule has 8 heteroatoms. The second kappa shape index (κ2) is 8.32. The Hall–Kier alpha value is -2.74. The molecule has 7 nitrogen and oxygen atoms in total. The number of rotatable bonds is 7. The molecule has 1 aliphatic rings. The fourth-order valence-electron chi connectivity index (χ4n) is 3.58. The SMILES string of the molecule is CCOc1ccc(OCC)c(NS(=O)(=O)c2ccc3c(c2)C[C@@H](C)N3C(C)=O)c1. The molecule has 0 saturated carbocycles. The van der Waals surface area contributed by atoms with Crippen LogP contribution in [0.4, 0.5) is 11.4 Å². The van der Waals surface area contributed by atoms with Crippen LogP contribution in [0.3, 0.4) is 0 Å². The van der Waals surface area contributed by atoms with Gasteiger partial charge in [-0.25, -0.2) is 8.42 Å². The maximum atomic E-state index is 13.0. The number of nitrogens with zero attached hydrogens (tertiary/aromatic N) is 1. The second-order valence-electron chi connectivity index (χ2n) is 6.86. The van der Waals surface area contributed by atoms with Crippen LogP contribution in [0.1, 0.15) is 33.3 Å². The molecule has 3 rings (SSSR count). The molecule has 0 aromatic heterocycles. The van der Waals surface area contributed by atoms with E-state index >= 15 is 0 Å². The lowest BCUT2D eigenvalue weighted by Gasteiger charge is -2.20. The fraction of sp³-hybridized carbons (Fsp3) is 0.381. The van der Waals surface area contributed by atoms with Crippen molar-refractivity contribution in [3.8, 4) is 11.5 Å². The highest BCUT2D eigenvalue weighted by molar-refractivity contribution is 7.92. The number of benzene rings is 2. The van der Waals surface area contributed by atoms with Gasteiger partial charge in [0.1, 0.15) is 11.5 Å². The Morgan fingerprint density at radius 2 is 1.86 bits per heavy atom. The van der Waals surface area contributed by atoms with Gasteiger partial charge in [0.05, 0.1) is 23.8 Å². The third-order valence-corrected chi connectivity index (χ3v) is 6.09. The number of sulfonamides is 1. The van der Waals surface area contributed by atoms with E-state index in [0.717, 1.165) is 11.3 Å². The summed E-state index contributed by atoms with van der Waals surface area (Å²) in [4.78, 5) is 13.7. The lowest BCUT2D eigenvalue weighted by Crippen LogP contribution is -2.33. The molecule has 0 spiro atoms. The van der Waals surface area contributed by atoms with Crippen LogP contribution in [0.2, 0.25) is 0 Å². The van der Waals surface area contributed by atoms with E-state index in [0.29, 0.717) is 36.8 Å². The average Bonchev–Trinajstić information content (AvgIpc) is 2.99. The van der Waals surface area contributed by atoms with Gasteiger partial charge in [-0.3, -0.25) is 9.52 Å². The molecular formula is C21H26N2O5S. The summed E-state index contributed by atoms with van der Waals surface area (Å²) in [6, 6.07) is 9.86. The molecule has 0 radical (unpaired) electrons. The molecule has 2 aromatic rings. The molecule has 1 amide bonds. The summed E-state index contributed by atoms with van der Waals surface area (Å²) < 4.78 is 39.7. The van der Waals surface area contributed by atoms with Gasteiger partial charge in [0.25, 0.3) is 10.0 Å². The Morgan fingerprint density at radius 3 is 2.52 bits per heavy atom. The van der Waals surface area contributed by atoms with Crippen molar-refractivity contribution >= 4 is 27.3 Å². The Labute approximate surface area is 171 Å². The summed E-state index contributed by atoms with van der Waals surface area (Å²) in [5.74, 6) is 0.921. The number of hydrogen-bond donors (Lipinski definition) is 1. The second-order valence-corrected chi connectivity index (χ2v) is 8.54. The molecule has 0 aliphatic carbocycles. The molecule has 1 heterocycles. The summed E-state index contributed by atoms with van der Waals surface area (Å²) in [5.41, 5.74) is 1.91. The van der Waals surface area contributed by atoms with E-state index in [1.807, 2.05) is 20.8 Å². The van der Waals surface area contributed by atoms with E-state index < -0.39 is 10.0 Å². The van der Waals surface area contributed by atoms with Crippen LogP contribution in [0, 0.1) is 0 Å². The minimum atomic E-state index is -3.85. The molecule has 1 atom stereocenters. The van der Waals surface area contributed by atoms with Gasteiger partial charge >= 0.3 is 0 Å². The van der Waals surface area contributed by atoms with E-state index in [-0.39, 0.29) is 16.8 Å². The highest BCUT2D eigenvalue weighted by atomic mass is 32.2. The van der Waals surface area contributed by atoms with Crippen molar-refractivity contribution in [3.63, 3.8) is 0 Å². The van der Waals surface area contributed by atoms with Gasteiger partial charge < -0.3 is 14.4 Å². The van der Waals surface area contributed by atoms with E-state index in [2.05, 4.69) is 4.72 Å². The number of amides is 1. The van der Waals surface area contributed by atoms with Crippen molar-refractivity contribution in [1.82, 2.24) is 0 Å². The first-order valence-electron chi connectivity index (χ1n) is 9.62. The maximum Gasteiger partial charge on any atom is 0.262 e. The fourth-order valence-corrected chi connectivity index (χ4v) is 4.70. The summed E-state index contributed by atoms with van der Waals surface area (Å²) in [6.45, 7) is 8.02. The molecule has 1 aliphatic heterocycles. The largest absolute Gasteiger partial charge is 0.494 e. The highest BCUT2D eigenvalue weighted by Gasteiger charge is 2.30. The van der Waals surface area contributed by atoms with Crippen molar-refractivity contribution in [2.75, 3.05) is 22.8 Å². The molecule has 29 heavy (non-hydrogen) atoms. The first-order chi connectivity index (χ1) is 13.8. The monoisotopic (exact) mass is 418 g/mol. The lowest BCUT2D eigenvalue weighted by atomic mass is 10.1. The standard InChI is InChI=1S/C21H26N2O5S/c1-5-27-17-7-10-21(28-6-2)19(13-17)22-29(25,26)18-8-9-20-16(12-18)11-14(3)23(20)15(4)24/h7-10,12-14,22H,5-6,11H2,1-4H3/t14-/m1/s1. The van der Waals surface area contributed by atoms with Crippen molar-refractivity contribution in [2.24, 2.45) is 0 Å². The minimum Gasteiger partial charge on any atom is -0.494 e. The number of ether oxygens (including phenoxy) is 2. The number of nitrogens with one attached hydrogen (secondary N) is 1. The predicted octanol–water partition coefficient (Wildman–Crippen LogP) is 3.58. The summed E-state index contributed by atoms with van der Waals surface area (Å²) in [5, 5.41) is 0. The van der Waals surface area contributed by atoms with E-state index in [4.69, 9.17) is 9.47 Å². The van der Waals surface area contributed by atoms with Crippen molar-refractivity contribution in [2.45, 2.75) is 45.1 Å². The summed E-state index contributed by atoms with van der Waals surface area (Å²) in [6.07, 6.45) is 0.613. The molecule has 0 bridgehead atoms. The zero-order valence-corrected chi connectivity index (χ0v) is 17.9. The molecule has 2 aromatic carbocycles. The van der Waals surface area contributed by atoms with Gasteiger partial charge in [0.2, 0.25) is 5.91 Å². The van der Waals surface area contributed by atoms with Crippen LogP contribution in [0.5, 0.6) is 11.5 Å². The first-order valence-corrected chi connectivity index (χ1v) is 11.1. The van der Waals surface area contributed by atoms with Gasteiger partial charge in [-0.05, 0) is 63.1 Å². The number of hydrogen-bond acceptors (Lipinski definition) is 5. The zero-order valence-electron chi connectivity index (χ0n) is 17.1. The third kappa shape index (κ3) is 4.32. The topological polar surface area (TPSA) is 84.9 Å². The Bertz CT molecular complexity index is 1020. The molecule has 0 fully saturated rings. The van der Waals surface area contributed by atoms with Crippen LogP contribution >= 0.6 is 0 Å². The van der Waals surface area contributed by atoms with Gasteiger partial charge in [-0.15, -0.1) is 0 Å². The number of fused-ring (bicyclic) bond motifs is 1. The normalized spacial score (nSPS) is 15.7. The summed E-state index contributed by atoms with van der Waals surface area (Å²) >= 11 is 0. The van der Waals surface area contributed by atoms with Crippen LogP contribution in [0.25, 0.3) is 0 Å². The zero-order chi connectivity index (χ0) is 21.2. The van der Waals surface area contributed by atoms with E-state index in [1.54, 1.807) is 35.2 Å². The predicted molar refractivity (Wildman–Crippen MR) is 112 cm³/mol. The van der Waals surface area contributed by atoms with Crippen molar-refractivity contribution < 1.29 is 22.7 Å². The van der Waals surface area contributed by atoms with Gasteiger partial charge in [0.15, 0.2) is 0 Å². The highest BCUT2D eigenvalue weighted by Crippen LogP contribution is 2.35. The molecular weight excluding hydrogens is 392 g/mol. The van der Waals surface area contributed by atoms with E-state index in [1.165, 1.54) is 13.0 Å². The Balaban J connectivity index is 1.94. The Morgan fingerprint density at radius 1 is 1.14 bits per heavy atom.